The second kappa shape index (κ2) is 5.80. The van der Waals surface area contributed by atoms with E-state index in [-0.39, 0.29) is 6.10 Å². The van der Waals surface area contributed by atoms with E-state index < -0.39 is 0 Å². The number of hydrogen-bond donors (Lipinski definition) is 0. The third-order valence-electron chi connectivity index (χ3n) is 3.76. The molecule has 0 spiro atoms. The number of aromatic nitrogens is 1. The summed E-state index contributed by atoms with van der Waals surface area (Å²) in [7, 11) is 0. The second-order valence-electron chi connectivity index (χ2n) is 5.33. The van der Waals surface area contributed by atoms with Crippen LogP contribution in [0.1, 0.15) is 11.7 Å². The minimum Gasteiger partial charge on any atom is -0.368 e. The van der Waals surface area contributed by atoms with Crippen LogP contribution in [0.15, 0.2) is 36.4 Å². The fourth-order valence-electron chi connectivity index (χ4n) is 2.57. The summed E-state index contributed by atoms with van der Waals surface area (Å²) in [4.78, 5) is 4.68. The van der Waals surface area contributed by atoms with E-state index in [4.69, 9.17) is 51.1 Å². The van der Waals surface area contributed by atoms with E-state index >= 15 is 0 Å². The van der Waals surface area contributed by atoms with E-state index in [1.165, 1.54) is 0 Å². The summed E-state index contributed by atoms with van der Waals surface area (Å²) in [5, 5.41) is 2.99. The molecule has 6 heteroatoms. The normalized spacial score (nSPS) is 16.8. The van der Waals surface area contributed by atoms with Crippen LogP contribution in [-0.2, 0) is 4.74 Å². The van der Waals surface area contributed by atoms with Gasteiger partial charge in [0.2, 0.25) is 0 Å². The summed E-state index contributed by atoms with van der Waals surface area (Å²) in [5.74, 6) is 0. The molecule has 23 heavy (non-hydrogen) atoms. The molecule has 1 aliphatic heterocycles. The molecule has 0 amide bonds. The molecule has 0 radical (unpaired) electrons. The number of pyridine rings is 1. The molecule has 1 aliphatic rings. The first-order valence-corrected chi connectivity index (χ1v) is 8.41. The Morgan fingerprint density at radius 2 is 1.78 bits per heavy atom. The maximum Gasteiger partial charge on any atom is 0.107 e. The number of ether oxygens (including phenoxy) is 1. The molecule has 4 rings (SSSR count). The highest BCUT2D eigenvalue weighted by Crippen LogP contribution is 2.40. The summed E-state index contributed by atoms with van der Waals surface area (Å²) < 4.78 is 5.45. The molecule has 1 fully saturated rings. The van der Waals surface area contributed by atoms with E-state index in [0.717, 1.165) is 22.2 Å². The van der Waals surface area contributed by atoms with E-state index in [1.807, 2.05) is 18.2 Å². The topological polar surface area (TPSA) is 25.4 Å². The molecule has 2 nitrogen and oxygen atoms in total. The van der Waals surface area contributed by atoms with E-state index in [1.54, 1.807) is 18.2 Å². The summed E-state index contributed by atoms with van der Waals surface area (Å²) >= 11 is 24.6. The zero-order valence-electron chi connectivity index (χ0n) is 11.6. The van der Waals surface area contributed by atoms with Crippen molar-refractivity contribution in [3.8, 4) is 11.3 Å². The van der Waals surface area contributed by atoms with Crippen LogP contribution in [0, 0.1) is 0 Å². The van der Waals surface area contributed by atoms with Crippen molar-refractivity contribution in [3.05, 3.63) is 62.1 Å². The van der Waals surface area contributed by atoms with E-state index in [2.05, 4.69) is 4.98 Å². The summed E-state index contributed by atoms with van der Waals surface area (Å²) in [6.45, 7) is 0.685. The van der Waals surface area contributed by atoms with Crippen LogP contribution < -0.4 is 0 Å². The number of benzene rings is 2. The standard InChI is InChI=1S/C17H9Cl4NO/c18-9-4-11-10(16-7-23-16)6-15(22-17(11)14(21)5-9)8-1-2-12(19)13(20)3-8/h1-6,16H,7H2/i15+2. The first-order chi connectivity index (χ1) is 11.0. The molecule has 0 N–H and O–H groups in total. The van der Waals surface area contributed by atoms with Gasteiger partial charge in [0.05, 0.1) is 32.9 Å². The quantitative estimate of drug-likeness (QED) is 0.464. The lowest BCUT2D eigenvalue weighted by atomic mass is 10.1. The fourth-order valence-corrected chi connectivity index (χ4v) is 3.41. The van der Waals surface area contributed by atoms with Crippen LogP contribution in [0.2, 0.25) is 20.1 Å². The molecule has 1 atom stereocenters. The maximum absolute atomic E-state index is 6.34. The molecule has 0 saturated carbocycles. The Bertz CT molecular complexity index is 938. The third-order valence-corrected chi connectivity index (χ3v) is 5.00. The number of halogens is 4. The lowest BCUT2D eigenvalue weighted by Gasteiger charge is -2.10. The maximum atomic E-state index is 6.34. The first-order valence-electron chi connectivity index (χ1n) is 6.89. The molecular formula is C17H9Cl4NO. The van der Waals surface area contributed by atoms with Crippen LogP contribution in [0.5, 0.6) is 0 Å². The van der Waals surface area contributed by atoms with Crippen molar-refractivity contribution in [3.63, 3.8) is 0 Å². The molecule has 116 valence electrons. The number of epoxide rings is 1. The lowest BCUT2D eigenvalue weighted by Crippen LogP contribution is -1.93. The van der Waals surface area contributed by atoms with Crippen molar-refractivity contribution in [2.45, 2.75) is 6.10 Å². The molecule has 1 saturated heterocycles. The van der Waals surface area contributed by atoms with Crippen LogP contribution in [0.4, 0.5) is 0 Å². The van der Waals surface area contributed by atoms with Crippen LogP contribution in [0.3, 0.4) is 0 Å². The highest BCUT2D eigenvalue weighted by molar-refractivity contribution is 6.42. The zero-order valence-corrected chi connectivity index (χ0v) is 14.6. The van der Waals surface area contributed by atoms with Gasteiger partial charge in [0.1, 0.15) is 6.10 Å². The Kier molecular flexibility index (Phi) is 3.91. The van der Waals surface area contributed by atoms with Gasteiger partial charge in [0.15, 0.2) is 0 Å². The molecule has 2 aromatic carbocycles. The average molecular weight is 387 g/mol. The summed E-state index contributed by atoms with van der Waals surface area (Å²) in [6.07, 6.45) is 0.0524. The zero-order chi connectivity index (χ0) is 16.1. The van der Waals surface area contributed by atoms with Gasteiger partial charge >= 0.3 is 0 Å². The van der Waals surface area contributed by atoms with Gasteiger partial charge in [0, 0.05) is 16.0 Å². The fraction of sp³-hybridized carbons (Fsp3) is 0.118. The van der Waals surface area contributed by atoms with Crippen molar-refractivity contribution in [2.24, 2.45) is 0 Å². The highest BCUT2D eigenvalue weighted by Gasteiger charge is 2.28. The molecule has 0 aliphatic carbocycles. The minimum absolute atomic E-state index is 0.0524. The second-order valence-corrected chi connectivity index (χ2v) is 6.99. The van der Waals surface area contributed by atoms with Gasteiger partial charge in [-0.15, -0.1) is 0 Å². The van der Waals surface area contributed by atoms with Gasteiger partial charge in [-0.2, -0.15) is 0 Å². The average Bonchev–Trinajstić information content (AvgIpc) is 3.34. The molecule has 3 aromatic rings. The van der Waals surface area contributed by atoms with E-state index in [0.29, 0.717) is 32.2 Å². The number of fused-ring (bicyclic) bond motifs is 1. The number of rotatable bonds is 2. The Morgan fingerprint density at radius 1 is 1.00 bits per heavy atom. The van der Waals surface area contributed by atoms with Gasteiger partial charge in [-0.3, -0.25) is 0 Å². The Labute approximate surface area is 152 Å². The van der Waals surface area contributed by atoms with Crippen molar-refractivity contribution in [1.82, 2.24) is 4.98 Å². The monoisotopic (exact) mass is 385 g/mol. The van der Waals surface area contributed by atoms with Crippen LogP contribution in [0.25, 0.3) is 22.2 Å². The van der Waals surface area contributed by atoms with Gasteiger partial charge < -0.3 is 4.74 Å². The minimum atomic E-state index is 0.0524. The largest absolute Gasteiger partial charge is 0.368 e. The van der Waals surface area contributed by atoms with Crippen molar-refractivity contribution < 1.29 is 4.74 Å². The van der Waals surface area contributed by atoms with Gasteiger partial charge in [-0.05, 0) is 35.9 Å². The third kappa shape index (κ3) is 2.90. The molecule has 2 heterocycles. The van der Waals surface area contributed by atoms with Gasteiger partial charge in [0.25, 0.3) is 0 Å². The lowest BCUT2D eigenvalue weighted by molar-refractivity contribution is 0.417. The smallest absolute Gasteiger partial charge is 0.107 e. The Morgan fingerprint density at radius 3 is 2.48 bits per heavy atom. The van der Waals surface area contributed by atoms with Crippen LogP contribution in [-0.4, -0.2) is 11.6 Å². The Hall–Kier alpha value is -1.03. The highest BCUT2D eigenvalue weighted by atomic mass is 35.5. The summed E-state index contributed by atoms with van der Waals surface area (Å²) in [5.41, 5.74) is 3.37. The number of nitrogens with zero attached hydrogens (tertiary/aromatic N) is 1. The molecule has 1 aromatic heterocycles. The molecular weight excluding hydrogens is 378 g/mol. The predicted molar refractivity (Wildman–Crippen MR) is 95.9 cm³/mol. The number of hydrogen-bond acceptors (Lipinski definition) is 2. The first kappa shape index (κ1) is 15.5. The summed E-state index contributed by atoms with van der Waals surface area (Å²) in [6, 6.07) is 11.0. The van der Waals surface area contributed by atoms with Gasteiger partial charge in [-0.25, -0.2) is 4.98 Å². The predicted octanol–water partition coefficient (Wildman–Crippen LogP) is 6.59. The van der Waals surface area contributed by atoms with Crippen molar-refractivity contribution in [1.29, 1.82) is 0 Å². The SMILES string of the molecule is Clc1cc(Cl)c2n[14c](-c3ccc(Cl)c(Cl)c3)cc(C3CO3)c2c1. The Balaban J connectivity index is 1.99. The van der Waals surface area contributed by atoms with Crippen molar-refractivity contribution in [2.75, 3.05) is 6.61 Å². The molecule has 0 bridgehead atoms. The van der Waals surface area contributed by atoms with E-state index in [9.17, 15) is 0 Å². The van der Waals surface area contributed by atoms with Crippen molar-refractivity contribution >= 4 is 57.3 Å². The molecule has 1 unspecified atom stereocenters. The van der Waals surface area contributed by atoms with Gasteiger partial charge in [-0.1, -0.05) is 52.5 Å². The van der Waals surface area contributed by atoms with Crippen LogP contribution >= 0.6 is 46.4 Å².